The number of benzene rings is 3. The summed E-state index contributed by atoms with van der Waals surface area (Å²) in [6.45, 7) is 0. The summed E-state index contributed by atoms with van der Waals surface area (Å²) in [5, 5.41) is 20.2. The van der Waals surface area contributed by atoms with E-state index in [0.717, 1.165) is 5.56 Å². The van der Waals surface area contributed by atoms with Gasteiger partial charge in [0.1, 0.15) is 34.0 Å². The summed E-state index contributed by atoms with van der Waals surface area (Å²) in [5.41, 5.74) is 2.91. The van der Waals surface area contributed by atoms with Gasteiger partial charge in [-0.2, -0.15) is 0 Å². The summed E-state index contributed by atoms with van der Waals surface area (Å²) in [6.07, 6.45) is 3.21. The predicted octanol–water partition coefficient (Wildman–Crippen LogP) is 4.26. The summed E-state index contributed by atoms with van der Waals surface area (Å²) >= 11 is 0. The second kappa shape index (κ2) is 7.41. The average molecular weight is 452 g/mol. The zero-order valence-electron chi connectivity index (χ0n) is 17.6. The number of aromatic nitrogens is 2. The van der Waals surface area contributed by atoms with Gasteiger partial charge in [0.25, 0.3) is 0 Å². The van der Waals surface area contributed by atoms with Crippen LogP contribution < -0.4 is 10.2 Å². The summed E-state index contributed by atoms with van der Waals surface area (Å²) in [6, 6.07) is 14.3. The van der Waals surface area contributed by atoms with Crippen LogP contribution in [-0.2, 0) is 4.79 Å². The quantitative estimate of drug-likeness (QED) is 0.301. The summed E-state index contributed by atoms with van der Waals surface area (Å²) in [5.74, 6) is -0.829. The molecule has 8 nitrogen and oxygen atoms in total. The van der Waals surface area contributed by atoms with Gasteiger partial charge in [0.05, 0.1) is 17.5 Å². The van der Waals surface area contributed by atoms with E-state index in [1.54, 1.807) is 24.5 Å². The fourth-order valence-corrected chi connectivity index (χ4v) is 4.41. The molecule has 0 unspecified atom stereocenters. The van der Waals surface area contributed by atoms with E-state index in [9.17, 15) is 19.8 Å². The Kier molecular flexibility index (Phi) is 4.35. The fraction of sp³-hybridized carbons (Fsp3) is 0.0769. The van der Waals surface area contributed by atoms with Crippen molar-refractivity contribution in [3.63, 3.8) is 0 Å². The lowest BCUT2D eigenvalue weighted by Gasteiger charge is -2.26. The van der Waals surface area contributed by atoms with E-state index in [0.29, 0.717) is 22.2 Å². The second-order valence-corrected chi connectivity index (χ2v) is 8.07. The monoisotopic (exact) mass is 452 g/mol. The number of rotatable bonds is 2. The molecule has 0 aliphatic carbocycles. The molecule has 1 aliphatic heterocycles. The molecule has 2 N–H and O–H groups in total. The summed E-state index contributed by atoms with van der Waals surface area (Å²) in [4.78, 5) is 34.1. The maximum absolute atomic E-state index is 13.0. The maximum atomic E-state index is 13.0. The number of carbonyl (C=O) groups is 1. The Morgan fingerprint density at radius 2 is 1.65 bits per heavy atom. The molecule has 0 saturated carbocycles. The zero-order valence-corrected chi connectivity index (χ0v) is 17.6. The molecule has 8 heteroatoms. The highest BCUT2D eigenvalue weighted by molar-refractivity contribution is 5.93. The first kappa shape index (κ1) is 19.9. The number of nitrogens with zero attached hydrogens (tertiary/aromatic N) is 2. The van der Waals surface area contributed by atoms with Gasteiger partial charge >= 0.3 is 5.97 Å². The minimum atomic E-state index is -0.496. The Morgan fingerprint density at radius 1 is 0.882 bits per heavy atom. The van der Waals surface area contributed by atoms with Crippen LogP contribution in [0.2, 0.25) is 0 Å². The molecular weight excluding hydrogens is 436 g/mol. The number of carbonyl (C=O) groups excluding carboxylic acids is 1. The molecular formula is C26H16N2O6. The number of phenols is 2. The van der Waals surface area contributed by atoms with Gasteiger partial charge in [-0.1, -0.05) is 6.07 Å². The van der Waals surface area contributed by atoms with Crippen molar-refractivity contribution in [2.45, 2.75) is 12.3 Å². The lowest BCUT2D eigenvalue weighted by molar-refractivity contribution is -0.135. The molecule has 0 bridgehead atoms. The molecule has 166 valence electrons. The molecule has 2 aromatic heterocycles. The van der Waals surface area contributed by atoms with Crippen LogP contribution in [0.4, 0.5) is 0 Å². The second-order valence-electron chi connectivity index (χ2n) is 8.07. The van der Waals surface area contributed by atoms with Crippen LogP contribution in [0.3, 0.4) is 0 Å². The van der Waals surface area contributed by atoms with Gasteiger partial charge in [0, 0.05) is 41.6 Å². The molecule has 1 atom stereocenters. The van der Waals surface area contributed by atoms with Crippen LogP contribution in [0.1, 0.15) is 23.5 Å². The van der Waals surface area contributed by atoms with Gasteiger partial charge in [-0.15, -0.1) is 0 Å². The Hall–Kier alpha value is -4.72. The highest BCUT2D eigenvalue weighted by Crippen LogP contribution is 2.46. The van der Waals surface area contributed by atoms with Crippen LogP contribution in [0.15, 0.2) is 76.2 Å². The molecule has 6 rings (SSSR count). The van der Waals surface area contributed by atoms with E-state index < -0.39 is 17.3 Å². The van der Waals surface area contributed by atoms with Crippen molar-refractivity contribution in [3.05, 3.63) is 88.3 Å². The minimum Gasteiger partial charge on any atom is -0.508 e. The normalized spacial score (nSPS) is 15.3. The highest BCUT2D eigenvalue weighted by atomic mass is 16.5. The summed E-state index contributed by atoms with van der Waals surface area (Å²) in [7, 11) is 0. The number of aromatic hydroxyl groups is 2. The summed E-state index contributed by atoms with van der Waals surface area (Å²) < 4.78 is 11.6. The molecule has 0 radical (unpaired) electrons. The number of hydrogen-bond donors (Lipinski definition) is 2. The van der Waals surface area contributed by atoms with Gasteiger partial charge in [-0.3, -0.25) is 19.6 Å². The van der Waals surface area contributed by atoms with Crippen molar-refractivity contribution in [2.75, 3.05) is 0 Å². The predicted molar refractivity (Wildman–Crippen MR) is 123 cm³/mol. The van der Waals surface area contributed by atoms with Crippen LogP contribution in [0, 0.1) is 0 Å². The lowest BCUT2D eigenvalue weighted by atomic mass is 9.85. The molecule has 3 heterocycles. The smallest absolute Gasteiger partial charge is 0.312 e. The SMILES string of the molecule is O=C1C[C@@H](c2ccc3nccnc3c2)c2c(cc(O)c3c(=O)cc(-c4ccc(O)cc4)oc23)O1. The average Bonchev–Trinajstić information content (AvgIpc) is 2.83. The third-order valence-electron chi connectivity index (χ3n) is 5.97. The highest BCUT2D eigenvalue weighted by Gasteiger charge is 2.33. The molecule has 1 aliphatic rings. The fourth-order valence-electron chi connectivity index (χ4n) is 4.41. The third-order valence-corrected chi connectivity index (χ3v) is 5.97. The van der Waals surface area contributed by atoms with Gasteiger partial charge in [-0.05, 0) is 42.0 Å². The van der Waals surface area contributed by atoms with Gasteiger partial charge in [-0.25, -0.2) is 0 Å². The van der Waals surface area contributed by atoms with Gasteiger partial charge in [0.2, 0.25) is 0 Å². The van der Waals surface area contributed by atoms with Crippen molar-refractivity contribution in [2.24, 2.45) is 0 Å². The Balaban J connectivity index is 1.63. The molecule has 34 heavy (non-hydrogen) atoms. The molecule has 0 amide bonds. The number of hydrogen-bond acceptors (Lipinski definition) is 8. The third kappa shape index (κ3) is 3.15. The van der Waals surface area contributed by atoms with Crippen molar-refractivity contribution in [3.8, 4) is 28.6 Å². The first-order valence-electron chi connectivity index (χ1n) is 10.5. The van der Waals surface area contributed by atoms with E-state index in [1.807, 2.05) is 18.2 Å². The van der Waals surface area contributed by atoms with Crippen molar-refractivity contribution in [1.29, 1.82) is 0 Å². The number of esters is 1. The molecule has 0 fully saturated rings. The number of fused-ring (bicyclic) bond motifs is 4. The standard InChI is InChI=1S/C26H16N2O6/c29-15-4-1-13(2-5-15)21-11-19(30)25-20(31)12-22-24(26(25)34-21)16(10-23(32)33-22)14-3-6-17-18(9-14)28-8-7-27-17/h1-9,11-12,16,29,31H,10H2/t16-/m0/s1. The van der Waals surface area contributed by atoms with E-state index in [-0.39, 0.29) is 40.4 Å². The largest absolute Gasteiger partial charge is 0.508 e. The van der Waals surface area contributed by atoms with Crippen molar-refractivity contribution >= 4 is 28.0 Å². The van der Waals surface area contributed by atoms with Crippen LogP contribution >= 0.6 is 0 Å². The van der Waals surface area contributed by atoms with Crippen LogP contribution in [0.5, 0.6) is 17.2 Å². The zero-order chi connectivity index (χ0) is 23.4. The van der Waals surface area contributed by atoms with Gasteiger partial charge in [0.15, 0.2) is 5.43 Å². The Labute approximate surface area is 191 Å². The van der Waals surface area contributed by atoms with E-state index in [4.69, 9.17) is 9.15 Å². The Morgan fingerprint density at radius 3 is 2.44 bits per heavy atom. The molecule has 0 spiro atoms. The number of ether oxygens (including phenoxy) is 1. The first-order valence-corrected chi connectivity index (χ1v) is 10.5. The topological polar surface area (TPSA) is 123 Å². The van der Waals surface area contributed by atoms with Crippen LogP contribution in [0.25, 0.3) is 33.3 Å². The Bertz CT molecular complexity index is 1670. The van der Waals surface area contributed by atoms with Crippen molar-refractivity contribution < 1.29 is 24.2 Å². The minimum absolute atomic E-state index is 0.00445. The van der Waals surface area contributed by atoms with E-state index >= 15 is 0 Å². The molecule has 5 aromatic rings. The maximum Gasteiger partial charge on any atom is 0.312 e. The molecule has 3 aromatic carbocycles. The lowest BCUT2D eigenvalue weighted by Crippen LogP contribution is -2.22. The van der Waals surface area contributed by atoms with Crippen molar-refractivity contribution in [1.82, 2.24) is 9.97 Å². The van der Waals surface area contributed by atoms with Crippen LogP contribution in [-0.4, -0.2) is 26.2 Å². The van der Waals surface area contributed by atoms with E-state index in [2.05, 4.69) is 9.97 Å². The molecule has 0 saturated heterocycles. The van der Waals surface area contributed by atoms with Gasteiger partial charge < -0.3 is 19.4 Å². The number of phenolic OH excluding ortho intramolecular Hbond substituents is 2. The van der Waals surface area contributed by atoms with E-state index in [1.165, 1.54) is 24.3 Å². The first-order chi connectivity index (χ1) is 16.5.